The number of carbonyl (C=O) groups excluding carboxylic acids is 1. The van der Waals surface area contributed by atoms with Gasteiger partial charge in [-0.25, -0.2) is 0 Å². The zero-order valence-electron chi connectivity index (χ0n) is 14.4. The van der Waals surface area contributed by atoms with Crippen LogP contribution < -0.4 is 4.74 Å². The van der Waals surface area contributed by atoms with Crippen LogP contribution in [0.2, 0.25) is 5.02 Å². The average Bonchev–Trinajstić information content (AvgIpc) is 2.64. The van der Waals surface area contributed by atoms with E-state index in [2.05, 4.69) is 29.2 Å². The summed E-state index contributed by atoms with van der Waals surface area (Å²) in [7, 11) is 0. The van der Waals surface area contributed by atoms with Gasteiger partial charge in [0, 0.05) is 37.7 Å². The lowest BCUT2D eigenvalue weighted by atomic mass is 10.2. The molecule has 2 aromatic rings. The van der Waals surface area contributed by atoms with Gasteiger partial charge in [-0.3, -0.25) is 9.69 Å². The van der Waals surface area contributed by atoms with Crippen molar-refractivity contribution in [3.05, 3.63) is 65.2 Å². The second kappa shape index (κ2) is 8.37. The summed E-state index contributed by atoms with van der Waals surface area (Å²) in [6.07, 6.45) is -0.498. The fourth-order valence-electron chi connectivity index (χ4n) is 2.99. The SMILES string of the molecule is CC(Oc1ccc(Cl)cc1)C(=O)N1CCN(Cc2ccccc2)CC1. The molecule has 1 amide bonds. The Kier molecular flexibility index (Phi) is 5.95. The molecule has 4 nitrogen and oxygen atoms in total. The molecule has 0 spiro atoms. The molecule has 1 saturated heterocycles. The van der Waals surface area contributed by atoms with Gasteiger partial charge in [0.1, 0.15) is 5.75 Å². The number of hydrogen-bond acceptors (Lipinski definition) is 3. The molecule has 25 heavy (non-hydrogen) atoms. The van der Waals surface area contributed by atoms with Gasteiger partial charge in [0.15, 0.2) is 6.10 Å². The van der Waals surface area contributed by atoms with E-state index >= 15 is 0 Å². The Hall–Kier alpha value is -2.04. The fraction of sp³-hybridized carbons (Fsp3) is 0.350. The van der Waals surface area contributed by atoms with Gasteiger partial charge >= 0.3 is 0 Å². The van der Waals surface area contributed by atoms with E-state index in [9.17, 15) is 4.79 Å². The van der Waals surface area contributed by atoms with Crippen molar-refractivity contribution in [2.45, 2.75) is 19.6 Å². The highest BCUT2D eigenvalue weighted by Crippen LogP contribution is 2.18. The minimum Gasteiger partial charge on any atom is -0.481 e. The fourth-order valence-corrected chi connectivity index (χ4v) is 3.12. The van der Waals surface area contributed by atoms with Gasteiger partial charge < -0.3 is 9.64 Å². The first-order valence-corrected chi connectivity index (χ1v) is 8.97. The molecule has 1 aliphatic heterocycles. The molecule has 1 unspecified atom stereocenters. The second-order valence-corrected chi connectivity index (χ2v) is 6.74. The van der Waals surface area contributed by atoms with Crippen LogP contribution in [0.4, 0.5) is 0 Å². The molecule has 3 rings (SSSR count). The van der Waals surface area contributed by atoms with E-state index in [1.54, 1.807) is 31.2 Å². The first-order chi connectivity index (χ1) is 12.1. The summed E-state index contributed by atoms with van der Waals surface area (Å²) in [6.45, 7) is 5.97. The molecular formula is C20H23ClN2O2. The highest BCUT2D eigenvalue weighted by molar-refractivity contribution is 6.30. The summed E-state index contributed by atoms with van der Waals surface area (Å²) in [4.78, 5) is 16.9. The predicted molar refractivity (Wildman–Crippen MR) is 99.8 cm³/mol. The van der Waals surface area contributed by atoms with E-state index in [0.717, 1.165) is 32.7 Å². The highest BCUT2D eigenvalue weighted by atomic mass is 35.5. The summed E-state index contributed by atoms with van der Waals surface area (Å²) in [5, 5.41) is 0.654. The molecule has 1 aliphatic rings. The third-order valence-corrected chi connectivity index (χ3v) is 4.66. The molecule has 132 valence electrons. The van der Waals surface area contributed by atoms with Crippen LogP contribution in [0.1, 0.15) is 12.5 Å². The first kappa shape index (κ1) is 17.8. The number of rotatable bonds is 5. The largest absolute Gasteiger partial charge is 0.481 e. The lowest BCUT2D eigenvalue weighted by Gasteiger charge is -2.35. The van der Waals surface area contributed by atoms with Gasteiger partial charge in [-0.2, -0.15) is 0 Å². The number of nitrogens with zero attached hydrogens (tertiary/aromatic N) is 2. The Morgan fingerprint density at radius 2 is 1.68 bits per heavy atom. The van der Waals surface area contributed by atoms with Gasteiger partial charge in [0.25, 0.3) is 5.91 Å². The van der Waals surface area contributed by atoms with E-state index in [1.807, 2.05) is 11.0 Å². The number of carbonyl (C=O) groups is 1. The number of hydrogen-bond donors (Lipinski definition) is 0. The quantitative estimate of drug-likeness (QED) is 0.820. The van der Waals surface area contributed by atoms with Crippen molar-refractivity contribution >= 4 is 17.5 Å². The van der Waals surface area contributed by atoms with Crippen LogP contribution in [0, 0.1) is 0 Å². The van der Waals surface area contributed by atoms with E-state index in [-0.39, 0.29) is 5.91 Å². The van der Waals surface area contributed by atoms with Crippen molar-refractivity contribution in [3.63, 3.8) is 0 Å². The number of halogens is 1. The van der Waals surface area contributed by atoms with E-state index in [1.165, 1.54) is 5.56 Å². The zero-order valence-corrected chi connectivity index (χ0v) is 15.2. The molecule has 0 N–H and O–H groups in total. The Balaban J connectivity index is 1.48. The van der Waals surface area contributed by atoms with Crippen LogP contribution >= 0.6 is 11.6 Å². The minimum atomic E-state index is -0.498. The van der Waals surface area contributed by atoms with Gasteiger partial charge in [-0.05, 0) is 36.8 Å². The summed E-state index contributed by atoms with van der Waals surface area (Å²) < 4.78 is 5.74. The van der Waals surface area contributed by atoms with Gasteiger partial charge in [-0.1, -0.05) is 41.9 Å². The first-order valence-electron chi connectivity index (χ1n) is 8.59. The van der Waals surface area contributed by atoms with Gasteiger partial charge in [0.2, 0.25) is 0 Å². The number of benzene rings is 2. The number of ether oxygens (including phenoxy) is 1. The molecule has 1 fully saturated rings. The Bertz CT molecular complexity index is 683. The monoisotopic (exact) mass is 358 g/mol. The van der Waals surface area contributed by atoms with Crippen molar-refractivity contribution in [1.29, 1.82) is 0 Å². The molecule has 0 aromatic heterocycles. The second-order valence-electron chi connectivity index (χ2n) is 6.30. The molecule has 0 bridgehead atoms. The lowest BCUT2D eigenvalue weighted by Crippen LogP contribution is -2.51. The summed E-state index contributed by atoms with van der Waals surface area (Å²) in [5.41, 5.74) is 1.31. The molecule has 0 aliphatic carbocycles. The van der Waals surface area contributed by atoms with Crippen LogP contribution in [0.5, 0.6) is 5.75 Å². The average molecular weight is 359 g/mol. The Labute approximate surface area is 154 Å². The maximum Gasteiger partial charge on any atom is 0.263 e. The number of amides is 1. The maximum atomic E-state index is 12.6. The van der Waals surface area contributed by atoms with Crippen molar-refractivity contribution in [1.82, 2.24) is 9.80 Å². The Morgan fingerprint density at radius 1 is 1.04 bits per heavy atom. The van der Waals surface area contributed by atoms with Crippen molar-refractivity contribution in [3.8, 4) is 5.75 Å². The van der Waals surface area contributed by atoms with Gasteiger partial charge in [0.05, 0.1) is 0 Å². The standard InChI is InChI=1S/C20H23ClN2O2/c1-16(25-19-9-7-18(21)8-10-19)20(24)23-13-11-22(12-14-23)15-17-5-3-2-4-6-17/h2-10,16H,11-15H2,1H3. The van der Waals surface area contributed by atoms with Crippen molar-refractivity contribution in [2.24, 2.45) is 0 Å². The lowest BCUT2D eigenvalue weighted by molar-refractivity contribution is -0.139. The third-order valence-electron chi connectivity index (χ3n) is 4.41. The van der Waals surface area contributed by atoms with Crippen LogP contribution in [0.25, 0.3) is 0 Å². The predicted octanol–water partition coefficient (Wildman–Crippen LogP) is 3.45. The molecule has 1 heterocycles. The minimum absolute atomic E-state index is 0.0364. The van der Waals surface area contributed by atoms with Crippen LogP contribution in [-0.2, 0) is 11.3 Å². The maximum absolute atomic E-state index is 12.6. The third kappa shape index (κ3) is 4.97. The van der Waals surface area contributed by atoms with Crippen LogP contribution in [0.3, 0.4) is 0 Å². The summed E-state index contributed by atoms with van der Waals surface area (Å²) >= 11 is 5.87. The summed E-state index contributed by atoms with van der Waals surface area (Å²) in [6, 6.07) is 17.5. The molecule has 0 radical (unpaired) electrons. The van der Waals surface area contributed by atoms with Crippen LogP contribution in [0.15, 0.2) is 54.6 Å². The van der Waals surface area contributed by atoms with Gasteiger partial charge in [-0.15, -0.1) is 0 Å². The van der Waals surface area contributed by atoms with E-state index < -0.39 is 6.10 Å². The molecular weight excluding hydrogens is 336 g/mol. The van der Waals surface area contributed by atoms with E-state index in [4.69, 9.17) is 16.3 Å². The Morgan fingerprint density at radius 3 is 2.32 bits per heavy atom. The van der Waals surface area contributed by atoms with Crippen molar-refractivity contribution < 1.29 is 9.53 Å². The van der Waals surface area contributed by atoms with Crippen LogP contribution in [-0.4, -0.2) is 48.0 Å². The number of piperazine rings is 1. The zero-order chi connectivity index (χ0) is 17.6. The molecule has 5 heteroatoms. The van der Waals surface area contributed by atoms with Crippen molar-refractivity contribution in [2.75, 3.05) is 26.2 Å². The smallest absolute Gasteiger partial charge is 0.263 e. The molecule has 0 saturated carbocycles. The highest BCUT2D eigenvalue weighted by Gasteiger charge is 2.26. The normalized spacial score (nSPS) is 16.5. The molecule has 2 aromatic carbocycles. The topological polar surface area (TPSA) is 32.8 Å². The molecule has 1 atom stereocenters. The summed E-state index contributed by atoms with van der Waals surface area (Å²) in [5.74, 6) is 0.697. The van der Waals surface area contributed by atoms with E-state index in [0.29, 0.717) is 10.8 Å².